The average molecular weight is 651 g/mol. The third kappa shape index (κ3) is 7.85. The topological polar surface area (TPSA) is 139 Å². The number of nitrogens with zero attached hydrogens (tertiary/aromatic N) is 5. The molecule has 240 valence electrons. The van der Waals surface area contributed by atoms with E-state index in [0.29, 0.717) is 35.7 Å². The molecule has 1 aliphatic heterocycles. The number of pyridine rings is 1. The molecule has 2 aromatic carbocycles. The Hall–Kier alpha value is -4.87. The molecule has 4 aromatic rings. The van der Waals surface area contributed by atoms with Gasteiger partial charge in [-0.3, -0.25) is 4.79 Å². The highest BCUT2D eigenvalue weighted by atomic mass is 32.2. The zero-order valence-electron chi connectivity index (χ0n) is 24.9. The first kappa shape index (κ1) is 32.5. The molecule has 0 aliphatic carbocycles. The van der Waals surface area contributed by atoms with Crippen molar-refractivity contribution >= 4 is 21.4 Å². The summed E-state index contributed by atoms with van der Waals surface area (Å²) in [4.78, 5) is 19.6. The molecule has 3 heterocycles. The van der Waals surface area contributed by atoms with Crippen LogP contribution in [0.2, 0.25) is 0 Å². The monoisotopic (exact) mass is 650 g/mol. The number of ether oxygens (including phenoxy) is 2. The van der Waals surface area contributed by atoms with Crippen molar-refractivity contribution in [2.45, 2.75) is 49.5 Å². The standard InChI is InChI=1S/C32H32F2N6O5S/c1-2-46(42,43)28-11-6-22(7-12-28)29(14-15-35)38-31(41)23-4-8-24(9-5-23)39-20-27(18-26(39)21-44-32(33)34)45-30-13-10-25(19-36-30)40-17-3-16-37-40/h3-13,16-17,19,26-27,29,32H,2,14,18,20-21H2,1H3,(H,38,41)/t26-,27-,29-/m0/s1. The summed E-state index contributed by atoms with van der Waals surface area (Å²) in [5.41, 5.74) is 2.37. The zero-order chi connectivity index (χ0) is 32.7. The Morgan fingerprint density at radius 3 is 2.46 bits per heavy atom. The maximum absolute atomic E-state index is 13.1. The van der Waals surface area contributed by atoms with E-state index in [1.54, 1.807) is 78.7 Å². The Kier molecular flexibility index (Phi) is 10.2. The molecule has 0 bridgehead atoms. The molecule has 1 fully saturated rings. The van der Waals surface area contributed by atoms with Crippen LogP contribution < -0.4 is 15.0 Å². The highest BCUT2D eigenvalue weighted by Gasteiger charge is 2.35. The molecular formula is C32H32F2N6O5S. The summed E-state index contributed by atoms with van der Waals surface area (Å²) in [5.74, 6) is -0.0803. The molecule has 46 heavy (non-hydrogen) atoms. The van der Waals surface area contributed by atoms with E-state index in [9.17, 15) is 27.3 Å². The van der Waals surface area contributed by atoms with Gasteiger partial charge in [-0.25, -0.2) is 18.1 Å². The quantitative estimate of drug-likeness (QED) is 0.218. The highest BCUT2D eigenvalue weighted by Crippen LogP contribution is 2.29. The maximum atomic E-state index is 13.1. The van der Waals surface area contributed by atoms with Crippen LogP contribution in [-0.4, -0.2) is 66.8 Å². The first-order valence-electron chi connectivity index (χ1n) is 14.6. The Morgan fingerprint density at radius 1 is 1.11 bits per heavy atom. The van der Waals surface area contributed by atoms with Crippen LogP contribution in [0.1, 0.15) is 41.7 Å². The summed E-state index contributed by atoms with van der Waals surface area (Å²) in [6.45, 7) is -1.21. The zero-order valence-corrected chi connectivity index (χ0v) is 25.7. The lowest BCUT2D eigenvalue weighted by Crippen LogP contribution is -2.34. The smallest absolute Gasteiger partial charge is 0.345 e. The lowest BCUT2D eigenvalue weighted by Gasteiger charge is -2.26. The number of nitrogens with one attached hydrogen (secondary N) is 1. The van der Waals surface area contributed by atoms with Crippen molar-refractivity contribution in [3.63, 3.8) is 0 Å². The van der Waals surface area contributed by atoms with Crippen molar-refractivity contribution < 1.29 is 31.5 Å². The van der Waals surface area contributed by atoms with E-state index in [2.05, 4.69) is 26.2 Å². The Balaban J connectivity index is 1.26. The number of sulfone groups is 1. The number of alkyl halides is 2. The number of amides is 1. The van der Waals surface area contributed by atoms with Gasteiger partial charge in [-0.05, 0) is 54.1 Å². The van der Waals surface area contributed by atoms with Crippen LogP contribution in [0.5, 0.6) is 5.88 Å². The number of nitriles is 1. The summed E-state index contributed by atoms with van der Waals surface area (Å²) >= 11 is 0. The van der Waals surface area contributed by atoms with Crippen LogP contribution >= 0.6 is 0 Å². The summed E-state index contributed by atoms with van der Waals surface area (Å²) in [6, 6.07) is 19.1. The van der Waals surface area contributed by atoms with Gasteiger partial charge in [-0.15, -0.1) is 0 Å². The van der Waals surface area contributed by atoms with Gasteiger partial charge in [0.25, 0.3) is 5.91 Å². The van der Waals surface area contributed by atoms with Gasteiger partial charge in [0.1, 0.15) is 6.10 Å². The Bertz CT molecular complexity index is 1750. The number of carbonyl (C=O) groups excluding carboxylic acids is 1. The molecular weight excluding hydrogens is 618 g/mol. The summed E-state index contributed by atoms with van der Waals surface area (Å²) in [6.07, 6.45) is 5.11. The van der Waals surface area contributed by atoms with E-state index in [4.69, 9.17) is 4.74 Å². The third-order valence-corrected chi connectivity index (χ3v) is 9.40. The van der Waals surface area contributed by atoms with Gasteiger partial charge in [0, 0.05) is 36.1 Å². The molecule has 3 atom stereocenters. The Morgan fingerprint density at radius 2 is 1.85 bits per heavy atom. The molecule has 0 unspecified atom stereocenters. The van der Waals surface area contributed by atoms with E-state index in [-0.39, 0.29) is 29.8 Å². The van der Waals surface area contributed by atoms with Crippen LogP contribution in [-0.2, 0) is 14.6 Å². The molecule has 0 radical (unpaired) electrons. The fourth-order valence-electron chi connectivity index (χ4n) is 5.25. The SMILES string of the molecule is CCS(=O)(=O)c1ccc([C@H](CC#N)NC(=O)c2ccc(N3C[C@@H](Oc4ccc(-n5cccn5)cn4)C[C@H]3COC(F)F)cc2)cc1. The van der Waals surface area contributed by atoms with Crippen LogP contribution in [0.4, 0.5) is 14.5 Å². The maximum Gasteiger partial charge on any atom is 0.345 e. The Labute approximate surface area is 265 Å². The number of hydrogen-bond donors (Lipinski definition) is 1. The van der Waals surface area contributed by atoms with E-state index in [1.165, 1.54) is 12.1 Å². The minimum absolute atomic E-state index is 0.0223. The van der Waals surface area contributed by atoms with Crippen molar-refractivity contribution in [2.24, 2.45) is 0 Å². The molecule has 1 aliphatic rings. The van der Waals surface area contributed by atoms with Crippen molar-refractivity contribution in [3.8, 4) is 17.6 Å². The van der Waals surface area contributed by atoms with Crippen LogP contribution in [0.25, 0.3) is 5.69 Å². The molecule has 5 rings (SSSR count). The van der Waals surface area contributed by atoms with Crippen molar-refractivity contribution in [1.29, 1.82) is 5.26 Å². The highest BCUT2D eigenvalue weighted by molar-refractivity contribution is 7.91. The first-order valence-corrected chi connectivity index (χ1v) is 16.2. The second kappa shape index (κ2) is 14.5. The number of hydrogen-bond acceptors (Lipinski definition) is 9. The van der Waals surface area contributed by atoms with Gasteiger partial charge in [0.2, 0.25) is 5.88 Å². The van der Waals surface area contributed by atoms with Crippen LogP contribution in [0.3, 0.4) is 0 Å². The lowest BCUT2D eigenvalue weighted by molar-refractivity contribution is -0.131. The van der Waals surface area contributed by atoms with E-state index in [0.717, 1.165) is 5.69 Å². The van der Waals surface area contributed by atoms with Gasteiger partial charge in [-0.2, -0.15) is 19.1 Å². The predicted molar refractivity (Wildman–Crippen MR) is 165 cm³/mol. The van der Waals surface area contributed by atoms with Gasteiger partial charge in [0.15, 0.2) is 9.84 Å². The molecule has 2 aromatic heterocycles. The second-order valence-corrected chi connectivity index (χ2v) is 12.9. The number of benzene rings is 2. The number of aromatic nitrogens is 3. The van der Waals surface area contributed by atoms with Gasteiger partial charge in [-0.1, -0.05) is 19.1 Å². The van der Waals surface area contributed by atoms with Gasteiger partial charge in [0.05, 0.1) is 60.3 Å². The number of anilines is 1. The molecule has 1 N–H and O–H groups in total. The normalized spacial score (nSPS) is 17.1. The van der Waals surface area contributed by atoms with E-state index in [1.807, 2.05) is 11.0 Å². The van der Waals surface area contributed by atoms with Gasteiger partial charge >= 0.3 is 6.61 Å². The fourth-order valence-corrected chi connectivity index (χ4v) is 6.13. The summed E-state index contributed by atoms with van der Waals surface area (Å²) in [5, 5.41) is 16.4. The molecule has 1 saturated heterocycles. The van der Waals surface area contributed by atoms with Crippen molar-refractivity contribution in [2.75, 3.05) is 23.8 Å². The molecule has 14 heteroatoms. The molecule has 1 amide bonds. The van der Waals surface area contributed by atoms with Crippen molar-refractivity contribution in [1.82, 2.24) is 20.1 Å². The van der Waals surface area contributed by atoms with Crippen LogP contribution in [0.15, 0.2) is 90.2 Å². The summed E-state index contributed by atoms with van der Waals surface area (Å²) < 4.78 is 62.6. The average Bonchev–Trinajstić information content (AvgIpc) is 3.75. The van der Waals surface area contributed by atoms with E-state index >= 15 is 0 Å². The minimum atomic E-state index is -3.39. The number of carbonyl (C=O) groups is 1. The predicted octanol–water partition coefficient (Wildman–Crippen LogP) is 4.71. The lowest BCUT2D eigenvalue weighted by atomic mass is 10.0. The molecule has 0 saturated carbocycles. The van der Waals surface area contributed by atoms with Gasteiger partial charge < -0.3 is 19.7 Å². The fraction of sp³-hybridized carbons (Fsp3) is 0.312. The largest absolute Gasteiger partial charge is 0.472 e. The second-order valence-electron chi connectivity index (χ2n) is 10.6. The molecule has 0 spiro atoms. The third-order valence-electron chi connectivity index (χ3n) is 7.65. The number of halogens is 2. The summed E-state index contributed by atoms with van der Waals surface area (Å²) in [7, 11) is -3.39. The van der Waals surface area contributed by atoms with Crippen LogP contribution in [0, 0.1) is 11.3 Å². The van der Waals surface area contributed by atoms with E-state index < -0.39 is 34.4 Å². The number of rotatable bonds is 13. The first-order chi connectivity index (χ1) is 22.2. The van der Waals surface area contributed by atoms with Crippen molar-refractivity contribution in [3.05, 3.63) is 96.4 Å². The minimum Gasteiger partial charge on any atom is -0.472 e. The molecule has 11 nitrogen and oxygen atoms in total.